The summed E-state index contributed by atoms with van der Waals surface area (Å²) >= 11 is 0. The van der Waals surface area contributed by atoms with Crippen LogP contribution in [0.4, 0.5) is 0 Å². The van der Waals surface area contributed by atoms with Crippen molar-refractivity contribution in [3.63, 3.8) is 0 Å². The molecule has 0 aromatic carbocycles. The van der Waals surface area contributed by atoms with Crippen molar-refractivity contribution in [2.24, 2.45) is 23.2 Å². The molecule has 0 aromatic heterocycles. The van der Waals surface area contributed by atoms with Gasteiger partial charge in [-0.1, -0.05) is 60.3 Å². The van der Waals surface area contributed by atoms with Gasteiger partial charge in [0.1, 0.15) is 0 Å². The van der Waals surface area contributed by atoms with Crippen LogP contribution in [0.1, 0.15) is 86.0 Å². The highest BCUT2D eigenvalue weighted by atomic mass is 14.6. The molecule has 1 fully saturated rings. The Morgan fingerprint density at radius 3 is 2.06 bits per heavy atom. The first-order chi connectivity index (χ1) is 8.16. The molecule has 0 radical (unpaired) electrons. The quantitative estimate of drug-likeness (QED) is 0.458. The molecule has 4 unspecified atom stereocenters. The molecule has 0 spiro atoms. The van der Waals surface area contributed by atoms with Gasteiger partial charge in [-0.05, 0) is 48.9 Å². The van der Waals surface area contributed by atoms with Crippen molar-refractivity contribution in [2.45, 2.75) is 86.0 Å². The lowest BCUT2D eigenvalue weighted by atomic mass is 9.90. The van der Waals surface area contributed by atoms with E-state index in [1.54, 1.807) is 0 Å². The fourth-order valence-electron chi connectivity index (χ4n) is 4.16. The topological polar surface area (TPSA) is 0 Å². The van der Waals surface area contributed by atoms with Gasteiger partial charge >= 0.3 is 0 Å². The first-order valence-corrected chi connectivity index (χ1v) is 8.16. The van der Waals surface area contributed by atoms with Gasteiger partial charge in [0.05, 0.1) is 0 Å². The Hall–Kier alpha value is 0. The first kappa shape index (κ1) is 15.1. The lowest BCUT2D eigenvalue weighted by molar-refractivity contribution is 0.353. The number of rotatable bonds is 9. The van der Waals surface area contributed by atoms with Gasteiger partial charge in [0.15, 0.2) is 0 Å². The van der Waals surface area contributed by atoms with E-state index in [1.807, 2.05) is 0 Å². The molecule has 17 heavy (non-hydrogen) atoms. The van der Waals surface area contributed by atoms with Gasteiger partial charge in [-0.3, -0.25) is 0 Å². The van der Waals surface area contributed by atoms with E-state index in [2.05, 4.69) is 34.6 Å². The molecule has 0 bridgehead atoms. The van der Waals surface area contributed by atoms with E-state index in [1.165, 1.54) is 51.4 Å². The lowest BCUT2D eigenvalue weighted by Gasteiger charge is -2.15. The smallest absolute Gasteiger partial charge is 0.0238 e. The summed E-state index contributed by atoms with van der Waals surface area (Å²) in [4.78, 5) is 0. The zero-order valence-electron chi connectivity index (χ0n) is 12.9. The molecule has 0 nitrogen and oxygen atoms in total. The van der Waals surface area contributed by atoms with Crippen LogP contribution in [0.15, 0.2) is 0 Å². The van der Waals surface area contributed by atoms with E-state index in [9.17, 15) is 0 Å². The highest BCUT2D eigenvalue weighted by Crippen LogP contribution is 2.67. The Labute approximate surface area is 110 Å². The minimum atomic E-state index is 0.762. The maximum atomic E-state index is 2.43. The van der Waals surface area contributed by atoms with E-state index >= 15 is 0 Å². The van der Waals surface area contributed by atoms with Crippen LogP contribution in [-0.4, -0.2) is 0 Å². The summed E-state index contributed by atoms with van der Waals surface area (Å²) in [5.74, 6) is 3.08. The molecule has 0 heteroatoms. The Bertz CT molecular complexity index is 208. The van der Waals surface area contributed by atoms with Gasteiger partial charge < -0.3 is 0 Å². The Balaban J connectivity index is 2.50. The highest BCUT2D eigenvalue weighted by molar-refractivity contribution is 5.08. The van der Waals surface area contributed by atoms with Crippen LogP contribution in [0.2, 0.25) is 0 Å². The van der Waals surface area contributed by atoms with Crippen LogP contribution in [0.25, 0.3) is 0 Å². The summed E-state index contributed by atoms with van der Waals surface area (Å²) in [7, 11) is 0. The molecule has 4 atom stereocenters. The Morgan fingerprint density at radius 2 is 1.59 bits per heavy atom. The zero-order valence-corrected chi connectivity index (χ0v) is 12.9. The summed E-state index contributed by atoms with van der Waals surface area (Å²) in [6.45, 7) is 11.9. The van der Waals surface area contributed by atoms with Crippen LogP contribution >= 0.6 is 0 Å². The van der Waals surface area contributed by atoms with Gasteiger partial charge in [0, 0.05) is 0 Å². The molecular weight excluding hydrogens is 204 g/mol. The molecule has 0 aromatic rings. The van der Waals surface area contributed by atoms with Crippen molar-refractivity contribution in [3.05, 3.63) is 0 Å². The van der Waals surface area contributed by atoms with Crippen LogP contribution in [0.3, 0.4) is 0 Å². The van der Waals surface area contributed by atoms with E-state index in [-0.39, 0.29) is 0 Å². The molecule has 0 N–H and O–H groups in total. The molecule has 0 aliphatic heterocycles. The lowest BCUT2D eigenvalue weighted by Crippen LogP contribution is -2.04. The summed E-state index contributed by atoms with van der Waals surface area (Å²) in [5.41, 5.74) is 0.762. The van der Waals surface area contributed by atoms with Gasteiger partial charge in [-0.25, -0.2) is 0 Å². The van der Waals surface area contributed by atoms with Crippen molar-refractivity contribution in [1.29, 1.82) is 0 Å². The third-order valence-corrected chi connectivity index (χ3v) is 5.49. The van der Waals surface area contributed by atoms with Crippen LogP contribution in [0.5, 0.6) is 0 Å². The second-order valence-corrected chi connectivity index (χ2v) is 6.43. The predicted molar refractivity (Wildman–Crippen MR) is 78.2 cm³/mol. The minimum absolute atomic E-state index is 0.762. The Kier molecular flexibility index (Phi) is 6.03. The largest absolute Gasteiger partial charge is 0.0654 e. The van der Waals surface area contributed by atoms with Crippen molar-refractivity contribution in [3.8, 4) is 0 Å². The van der Waals surface area contributed by atoms with Crippen LogP contribution < -0.4 is 0 Å². The molecule has 0 saturated heterocycles. The fourth-order valence-corrected chi connectivity index (χ4v) is 4.16. The van der Waals surface area contributed by atoms with E-state index in [0.29, 0.717) is 0 Å². The summed E-state index contributed by atoms with van der Waals surface area (Å²) < 4.78 is 0. The van der Waals surface area contributed by atoms with Crippen LogP contribution in [0, 0.1) is 23.2 Å². The monoisotopic (exact) mass is 238 g/mol. The highest BCUT2D eigenvalue weighted by Gasteiger charge is 2.60. The molecule has 1 aliphatic carbocycles. The molecule has 0 heterocycles. The molecule has 1 saturated carbocycles. The van der Waals surface area contributed by atoms with Gasteiger partial charge in [0.2, 0.25) is 0 Å². The maximum Gasteiger partial charge on any atom is -0.0238 e. The molecule has 1 aliphatic rings. The van der Waals surface area contributed by atoms with Crippen molar-refractivity contribution in [2.75, 3.05) is 0 Å². The second-order valence-electron chi connectivity index (χ2n) is 6.43. The average molecular weight is 238 g/mol. The van der Waals surface area contributed by atoms with Gasteiger partial charge in [-0.15, -0.1) is 0 Å². The average Bonchev–Trinajstić information content (AvgIpc) is 2.94. The van der Waals surface area contributed by atoms with Crippen molar-refractivity contribution < 1.29 is 0 Å². The summed E-state index contributed by atoms with van der Waals surface area (Å²) in [6, 6.07) is 0. The van der Waals surface area contributed by atoms with Crippen molar-refractivity contribution >= 4 is 0 Å². The number of hydrogen-bond acceptors (Lipinski definition) is 0. The van der Waals surface area contributed by atoms with E-state index in [4.69, 9.17) is 0 Å². The summed E-state index contributed by atoms with van der Waals surface area (Å²) in [6.07, 6.45) is 11.5. The predicted octanol–water partition coefficient (Wildman–Crippen LogP) is 6.06. The van der Waals surface area contributed by atoms with E-state index < -0.39 is 0 Å². The standard InChI is InChI=1S/C17H34/c1-6-10-15-16(12-11-14(5)8-3)17(15,9-4)13-7-2/h14-16H,6-13H2,1-5H3. The van der Waals surface area contributed by atoms with Crippen LogP contribution in [-0.2, 0) is 0 Å². The zero-order chi connectivity index (χ0) is 12.9. The van der Waals surface area contributed by atoms with E-state index in [0.717, 1.165) is 23.2 Å². The molecule has 102 valence electrons. The van der Waals surface area contributed by atoms with Crippen molar-refractivity contribution in [1.82, 2.24) is 0 Å². The minimum Gasteiger partial charge on any atom is -0.0654 e. The maximum absolute atomic E-state index is 2.43. The SMILES string of the molecule is CCCC1C(CCC(C)CC)C1(CC)CCC. The number of hydrogen-bond donors (Lipinski definition) is 0. The fraction of sp³-hybridized carbons (Fsp3) is 1.00. The third kappa shape index (κ3) is 3.26. The van der Waals surface area contributed by atoms with Gasteiger partial charge in [-0.2, -0.15) is 0 Å². The summed E-state index contributed by atoms with van der Waals surface area (Å²) in [5, 5.41) is 0. The normalized spacial score (nSPS) is 33.7. The second kappa shape index (κ2) is 6.81. The molecule has 0 amide bonds. The molecular formula is C17H34. The first-order valence-electron chi connectivity index (χ1n) is 8.16. The Morgan fingerprint density at radius 1 is 0.941 bits per heavy atom. The molecule has 1 rings (SSSR count). The third-order valence-electron chi connectivity index (χ3n) is 5.49. The van der Waals surface area contributed by atoms with Gasteiger partial charge in [0.25, 0.3) is 0 Å².